The quantitative estimate of drug-likeness (QED) is 0.427. The Morgan fingerprint density at radius 2 is 2.00 bits per heavy atom. The number of aromatic amines is 2. The number of aromatic hydroxyl groups is 1. The lowest BCUT2D eigenvalue weighted by atomic mass is 10.1. The molecule has 24 heavy (non-hydrogen) atoms. The van der Waals surface area contributed by atoms with Crippen molar-refractivity contribution in [1.29, 1.82) is 5.26 Å². The molecule has 4 aromatic rings. The molecule has 4 rings (SSSR count). The van der Waals surface area contributed by atoms with Crippen LogP contribution in [0.2, 0.25) is 0 Å². The van der Waals surface area contributed by atoms with Gasteiger partial charge in [-0.3, -0.25) is 4.79 Å². The van der Waals surface area contributed by atoms with Crippen LogP contribution in [-0.2, 0) is 0 Å². The summed E-state index contributed by atoms with van der Waals surface area (Å²) < 4.78 is 0. The number of nitrogens with two attached hydrogens (primary N) is 1. The summed E-state index contributed by atoms with van der Waals surface area (Å²) in [6.45, 7) is 0. The van der Waals surface area contributed by atoms with Crippen molar-refractivity contribution in [3.8, 4) is 23.2 Å². The van der Waals surface area contributed by atoms with Crippen molar-refractivity contribution in [3.63, 3.8) is 0 Å². The Labute approximate surface area is 135 Å². The second-order valence-electron chi connectivity index (χ2n) is 5.37. The number of nitrogens with one attached hydrogen (secondary N) is 2. The molecule has 7 heteroatoms. The zero-order valence-electron chi connectivity index (χ0n) is 12.3. The molecular weight excluding hydrogens is 306 g/mol. The molecule has 7 nitrogen and oxygen atoms in total. The summed E-state index contributed by atoms with van der Waals surface area (Å²) in [5.41, 5.74) is 8.40. The maximum Gasteiger partial charge on any atom is 0.292 e. The van der Waals surface area contributed by atoms with Gasteiger partial charge in [-0.25, -0.2) is 4.98 Å². The van der Waals surface area contributed by atoms with Crippen molar-refractivity contribution in [1.82, 2.24) is 15.0 Å². The van der Waals surface area contributed by atoms with E-state index in [2.05, 4.69) is 21.0 Å². The van der Waals surface area contributed by atoms with Gasteiger partial charge in [-0.05, 0) is 24.3 Å². The van der Waals surface area contributed by atoms with Gasteiger partial charge in [0.2, 0.25) is 5.75 Å². The van der Waals surface area contributed by atoms with E-state index in [-0.39, 0.29) is 5.69 Å². The highest BCUT2D eigenvalue weighted by atomic mass is 16.3. The van der Waals surface area contributed by atoms with Crippen molar-refractivity contribution in [2.24, 2.45) is 0 Å². The summed E-state index contributed by atoms with van der Waals surface area (Å²) in [7, 11) is 0. The molecule has 0 radical (unpaired) electrons. The maximum absolute atomic E-state index is 11.7. The molecule has 0 saturated heterocycles. The number of pyridine rings is 1. The highest BCUT2D eigenvalue weighted by Crippen LogP contribution is 2.33. The number of fused-ring (bicyclic) bond motifs is 2. The first-order valence-electron chi connectivity index (χ1n) is 7.12. The molecule has 0 aliphatic rings. The molecule has 2 aromatic heterocycles. The summed E-state index contributed by atoms with van der Waals surface area (Å²) in [5.74, 6) is 0.0154. The van der Waals surface area contributed by atoms with Gasteiger partial charge in [0, 0.05) is 10.9 Å². The van der Waals surface area contributed by atoms with Crippen LogP contribution in [0, 0.1) is 11.3 Å². The first-order valence-corrected chi connectivity index (χ1v) is 7.12. The van der Waals surface area contributed by atoms with E-state index in [1.54, 1.807) is 36.4 Å². The highest BCUT2D eigenvalue weighted by Gasteiger charge is 2.15. The number of aromatic nitrogens is 3. The lowest BCUT2D eigenvalue weighted by molar-refractivity contribution is 0.470. The maximum atomic E-state index is 11.7. The minimum atomic E-state index is -0.639. The van der Waals surface area contributed by atoms with E-state index in [0.717, 1.165) is 0 Å². The number of benzene rings is 2. The number of nitriles is 1. The predicted molar refractivity (Wildman–Crippen MR) is 90.4 cm³/mol. The molecule has 0 aliphatic carbocycles. The van der Waals surface area contributed by atoms with Crippen molar-refractivity contribution < 1.29 is 5.11 Å². The molecule has 0 amide bonds. The van der Waals surface area contributed by atoms with Crippen molar-refractivity contribution in [3.05, 3.63) is 52.3 Å². The van der Waals surface area contributed by atoms with Gasteiger partial charge < -0.3 is 20.8 Å². The summed E-state index contributed by atoms with van der Waals surface area (Å²) in [6, 6.07) is 12.5. The number of nitrogen functional groups attached to an aromatic ring is 1. The molecule has 0 aliphatic heterocycles. The van der Waals surface area contributed by atoms with Gasteiger partial charge in [0.25, 0.3) is 5.56 Å². The van der Waals surface area contributed by atoms with E-state index in [9.17, 15) is 9.90 Å². The normalized spacial score (nSPS) is 11.0. The zero-order valence-corrected chi connectivity index (χ0v) is 12.3. The molecule has 2 heterocycles. The van der Waals surface area contributed by atoms with Gasteiger partial charge in [0.15, 0.2) is 0 Å². The molecule has 0 bridgehead atoms. The Bertz CT molecular complexity index is 1210. The van der Waals surface area contributed by atoms with Crippen LogP contribution in [-0.4, -0.2) is 20.1 Å². The van der Waals surface area contributed by atoms with Crippen LogP contribution in [0.5, 0.6) is 5.75 Å². The summed E-state index contributed by atoms with van der Waals surface area (Å²) in [4.78, 5) is 21.9. The van der Waals surface area contributed by atoms with Crippen molar-refractivity contribution in [2.75, 3.05) is 5.73 Å². The number of imidazole rings is 1. The average Bonchev–Trinajstić information content (AvgIpc) is 3.02. The Morgan fingerprint density at radius 3 is 2.79 bits per heavy atom. The Kier molecular flexibility index (Phi) is 2.80. The molecule has 0 spiro atoms. The minimum absolute atomic E-state index is 0.00233. The van der Waals surface area contributed by atoms with Gasteiger partial charge >= 0.3 is 0 Å². The van der Waals surface area contributed by atoms with Crippen molar-refractivity contribution >= 4 is 27.6 Å². The number of nitrogens with zero attached hydrogens (tertiary/aromatic N) is 2. The van der Waals surface area contributed by atoms with E-state index in [1.165, 1.54) is 0 Å². The first kappa shape index (κ1) is 13.8. The van der Waals surface area contributed by atoms with Crippen LogP contribution >= 0.6 is 0 Å². The molecule has 116 valence electrons. The molecule has 0 unspecified atom stereocenters. The third-order valence-electron chi connectivity index (χ3n) is 3.92. The second kappa shape index (κ2) is 4.86. The fourth-order valence-electron chi connectivity index (χ4n) is 2.77. The number of rotatable bonds is 1. The van der Waals surface area contributed by atoms with Crippen LogP contribution in [0.4, 0.5) is 5.69 Å². The standard InChI is InChI=1S/C17H11N5O2/c18-7-8-4-5-10-12(6-8)21-16(20-10)9-2-1-3-11-13(9)14(19)15(23)17(24)22-11/h1-6,23H,(H,20,21)(H3,19,22,24). The Morgan fingerprint density at radius 1 is 1.17 bits per heavy atom. The summed E-state index contributed by atoms with van der Waals surface area (Å²) in [5, 5.41) is 19.3. The largest absolute Gasteiger partial charge is 0.502 e. The van der Waals surface area contributed by atoms with E-state index < -0.39 is 11.3 Å². The van der Waals surface area contributed by atoms with Crippen LogP contribution < -0.4 is 11.3 Å². The third kappa shape index (κ3) is 1.90. The van der Waals surface area contributed by atoms with Gasteiger partial charge in [-0.15, -0.1) is 0 Å². The van der Waals surface area contributed by atoms with Crippen molar-refractivity contribution in [2.45, 2.75) is 0 Å². The van der Waals surface area contributed by atoms with Crippen LogP contribution in [0.1, 0.15) is 5.56 Å². The summed E-state index contributed by atoms with van der Waals surface area (Å²) in [6.07, 6.45) is 0. The Balaban J connectivity index is 2.05. The molecule has 0 fully saturated rings. The lowest BCUT2D eigenvalue weighted by Gasteiger charge is -2.08. The van der Waals surface area contributed by atoms with Crippen LogP contribution in [0.25, 0.3) is 33.3 Å². The number of H-pyrrole nitrogens is 2. The lowest BCUT2D eigenvalue weighted by Crippen LogP contribution is -2.08. The van der Waals surface area contributed by atoms with Crippen LogP contribution in [0.3, 0.4) is 0 Å². The molecule has 2 aromatic carbocycles. The molecule has 5 N–H and O–H groups in total. The monoisotopic (exact) mass is 317 g/mol. The zero-order chi connectivity index (χ0) is 16.8. The fourth-order valence-corrected chi connectivity index (χ4v) is 2.77. The van der Waals surface area contributed by atoms with Gasteiger partial charge in [-0.1, -0.05) is 12.1 Å². The Hall–Kier alpha value is -3.79. The molecule has 0 atom stereocenters. The highest BCUT2D eigenvalue weighted by molar-refractivity contribution is 6.03. The topological polar surface area (TPSA) is 132 Å². The summed E-state index contributed by atoms with van der Waals surface area (Å²) >= 11 is 0. The van der Waals surface area contributed by atoms with E-state index >= 15 is 0 Å². The van der Waals surface area contributed by atoms with Gasteiger partial charge in [-0.2, -0.15) is 5.26 Å². The van der Waals surface area contributed by atoms with E-state index in [1.807, 2.05) is 0 Å². The minimum Gasteiger partial charge on any atom is -0.502 e. The number of hydrogen-bond donors (Lipinski definition) is 4. The van der Waals surface area contributed by atoms with Crippen LogP contribution in [0.15, 0.2) is 41.2 Å². The molecule has 0 saturated carbocycles. The second-order valence-corrected chi connectivity index (χ2v) is 5.37. The SMILES string of the molecule is N#Cc1ccc2nc(-c3cccc4[nH]c(=O)c(O)c(N)c34)[nH]c2c1. The average molecular weight is 317 g/mol. The predicted octanol–water partition coefficient (Wildman–Crippen LogP) is 2.23. The molecular formula is C17H11N5O2. The van der Waals surface area contributed by atoms with Gasteiger partial charge in [0.1, 0.15) is 5.82 Å². The number of anilines is 1. The first-order chi connectivity index (χ1) is 11.6. The third-order valence-corrected chi connectivity index (χ3v) is 3.92. The van der Waals surface area contributed by atoms with E-state index in [0.29, 0.717) is 38.9 Å². The smallest absolute Gasteiger partial charge is 0.292 e. The fraction of sp³-hybridized carbons (Fsp3) is 0. The van der Waals surface area contributed by atoms with E-state index in [4.69, 9.17) is 11.0 Å². The number of hydrogen-bond acceptors (Lipinski definition) is 5. The van der Waals surface area contributed by atoms with Gasteiger partial charge in [0.05, 0.1) is 33.9 Å².